The highest BCUT2D eigenvalue weighted by atomic mass is 32.2. The Balaban J connectivity index is 2.13. The number of sulfonamides is 1. The summed E-state index contributed by atoms with van der Waals surface area (Å²) in [4.78, 5) is 21.7. The van der Waals surface area contributed by atoms with Gasteiger partial charge in [-0.3, -0.25) is 14.9 Å². The molecule has 20 heavy (non-hydrogen) atoms. The Labute approximate surface area is 114 Å². The molecule has 1 aromatic carbocycles. The summed E-state index contributed by atoms with van der Waals surface area (Å²) in [6.07, 6.45) is 3.75. The van der Waals surface area contributed by atoms with Crippen LogP contribution in [0.25, 0.3) is 0 Å². The molecule has 0 saturated carbocycles. The maximum absolute atomic E-state index is 12.5. The van der Waals surface area contributed by atoms with Crippen molar-refractivity contribution in [3.05, 3.63) is 46.5 Å². The predicted molar refractivity (Wildman–Crippen MR) is 68.2 cm³/mol. The first-order valence-electron chi connectivity index (χ1n) is 5.93. The summed E-state index contributed by atoms with van der Waals surface area (Å²) in [5, 5.41) is 10.9. The van der Waals surface area contributed by atoms with Crippen molar-refractivity contribution in [2.24, 2.45) is 5.92 Å². The molecule has 2 unspecified atom stereocenters. The number of nitro benzene ring substituents is 1. The molecular weight excluding hydrogens is 284 g/mol. The summed E-state index contributed by atoms with van der Waals surface area (Å²) in [6, 6.07) is 4.51. The second-order valence-corrected chi connectivity index (χ2v) is 6.44. The Kier molecular flexibility index (Phi) is 2.65. The number of para-hydroxylation sites is 1. The zero-order valence-electron chi connectivity index (χ0n) is 10.2. The first kappa shape index (κ1) is 12.8. The molecule has 0 aromatic heterocycles. The monoisotopic (exact) mass is 294 g/mol. The summed E-state index contributed by atoms with van der Waals surface area (Å²) in [6.45, 7) is 0. The van der Waals surface area contributed by atoms with E-state index in [0.29, 0.717) is 6.42 Å². The topological polar surface area (TPSA) is 97.6 Å². The van der Waals surface area contributed by atoms with Crippen molar-refractivity contribution in [2.45, 2.75) is 17.4 Å². The number of fused-ring (bicyclic) bond motifs is 2. The van der Waals surface area contributed by atoms with Crippen LogP contribution in [0.15, 0.2) is 41.3 Å². The van der Waals surface area contributed by atoms with Gasteiger partial charge in [0.15, 0.2) is 4.90 Å². The van der Waals surface area contributed by atoms with Gasteiger partial charge in [-0.25, -0.2) is 12.7 Å². The molecule has 0 radical (unpaired) electrons. The van der Waals surface area contributed by atoms with Gasteiger partial charge in [-0.15, -0.1) is 0 Å². The number of benzene rings is 1. The summed E-state index contributed by atoms with van der Waals surface area (Å²) < 4.78 is 25.8. The summed E-state index contributed by atoms with van der Waals surface area (Å²) in [5.74, 6) is -0.951. The third-order valence-corrected chi connectivity index (χ3v) is 5.37. The third kappa shape index (κ3) is 1.64. The lowest BCUT2D eigenvalue weighted by molar-refractivity contribution is -0.387. The summed E-state index contributed by atoms with van der Waals surface area (Å²) in [5.41, 5.74) is -0.521. The minimum Gasteiger partial charge on any atom is -0.273 e. The fraction of sp³-hybridized carbons (Fsp3) is 0.250. The van der Waals surface area contributed by atoms with Crippen LogP contribution in [0.5, 0.6) is 0 Å². The van der Waals surface area contributed by atoms with Crippen LogP contribution in [0.2, 0.25) is 0 Å². The Bertz CT molecular complexity index is 740. The van der Waals surface area contributed by atoms with Crippen molar-refractivity contribution < 1.29 is 18.1 Å². The summed E-state index contributed by atoms with van der Waals surface area (Å²) >= 11 is 0. The van der Waals surface area contributed by atoms with Crippen LogP contribution in [0.3, 0.4) is 0 Å². The van der Waals surface area contributed by atoms with E-state index in [4.69, 9.17) is 0 Å². The van der Waals surface area contributed by atoms with Crippen molar-refractivity contribution in [3.63, 3.8) is 0 Å². The molecule has 1 amide bonds. The van der Waals surface area contributed by atoms with Crippen LogP contribution in [0, 0.1) is 16.0 Å². The first-order chi connectivity index (χ1) is 9.43. The van der Waals surface area contributed by atoms with E-state index in [2.05, 4.69) is 0 Å². The number of rotatable bonds is 3. The van der Waals surface area contributed by atoms with E-state index >= 15 is 0 Å². The molecule has 7 nitrogen and oxygen atoms in total. The molecule has 2 aliphatic rings. The number of carbonyl (C=O) groups is 1. The van der Waals surface area contributed by atoms with Gasteiger partial charge in [0, 0.05) is 6.07 Å². The minimum atomic E-state index is -4.20. The van der Waals surface area contributed by atoms with Gasteiger partial charge in [-0.1, -0.05) is 24.3 Å². The van der Waals surface area contributed by atoms with E-state index in [-0.39, 0.29) is 0 Å². The Morgan fingerprint density at radius 1 is 1.25 bits per heavy atom. The number of hydrogen-bond donors (Lipinski definition) is 0. The van der Waals surface area contributed by atoms with Crippen molar-refractivity contribution in [1.29, 1.82) is 0 Å². The molecule has 1 aliphatic heterocycles. The maximum atomic E-state index is 12.5. The number of amides is 1. The Hall–Kier alpha value is -2.22. The second-order valence-electron chi connectivity index (χ2n) is 4.66. The first-order valence-corrected chi connectivity index (χ1v) is 7.37. The standard InChI is InChI=1S/C12H10N2O5S/c15-12-8-5-6-9(7-8)13(12)20(18,19)11-4-2-1-3-10(11)14(16)17/h1-6,8-9H,7H2. The molecule has 3 rings (SSSR count). The van der Waals surface area contributed by atoms with Gasteiger partial charge in [-0.2, -0.15) is 0 Å². The van der Waals surface area contributed by atoms with Crippen LogP contribution < -0.4 is 0 Å². The molecule has 2 bridgehead atoms. The van der Waals surface area contributed by atoms with Crippen molar-refractivity contribution in [1.82, 2.24) is 4.31 Å². The molecule has 1 fully saturated rings. The number of carbonyl (C=O) groups excluding carboxylic acids is 1. The van der Waals surface area contributed by atoms with Crippen molar-refractivity contribution in [2.75, 3.05) is 0 Å². The van der Waals surface area contributed by atoms with E-state index in [1.807, 2.05) is 0 Å². The van der Waals surface area contributed by atoms with Gasteiger partial charge in [0.1, 0.15) is 0 Å². The highest BCUT2D eigenvalue weighted by molar-refractivity contribution is 7.89. The van der Waals surface area contributed by atoms with Gasteiger partial charge in [0.05, 0.1) is 16.9 Å². The SMILES string of the molecule is O=C1C2C=CC(C2)N1S(=O)(=O)c1ccccc1[N+](=O)[O-]. The van der Waals surface area contributed by atoms with Gasteiger partial charge in [0.2, 0.25) is 5.91 Å². The van der Waals surface area contributed by atoms with Crippen molar-refractivity contribution in [3.8, 4) is 0 Å². The predicted octanol–water partition coefficient (Wildman–Crippen LogP) is 1.07. The normalized spacial score (nSPS) is 24.4. The largest absolute Gasteiger partial charge is 0.289 e. The van der Waals surface area contributed by atoms with E-state index in [1.165, 1.54) is 12.1 Å². The molecule has 1 saturated heterocycles. The highest BCUT2D eigenvalue weighted by Crippen LogP contribution is 2.38. The fourth-order valence-corrected chi connectivity index (χ4v) is 4.35. The maximum Gasteiger partial charge on any atom is 0.289 e. The quantitative estimate of drug-likeness (QED) is 0.472. The minimum absolute atomic E-state index is 0.415. The van der Waals surface area contributed by atoms with Crippen LogP contribution in [-0.4, -0.2) is 29.6 Å². The van der Waals surface area contributed by atoms with Gasteiger partial charge < -0.3 is 0 Å². The average molecular weight is 294 g/mol. The molecule has 0 N–H and O–H groups in total. The average Bonchev–Trinajstić information content (AvgIpc) is 2.99. The second kappa shape index (κ2) is 4.14. The van der Waals surface area contributed by atoms with E-state index < -0.39 is 43.4 Å². The van der Waals surface area contributed by atoms with E-state index in [0.717, 1.165) is 16.4 Å². The Morgan fingerprint density at radius 2 is 1.95 bits per heavy atom. The molecule has 0 spiro atoms. The fourth-order valence-electron chi connectivity index (χ4n) is 2.59. The number of nitrogens with zero attached hydrogens (tertiary/aromatic N) is 2. The molecule has 8 heteroatoms. The third-order valence-electron chi connectivity index (χ3n) is 3.50. The van der Waals surface area contributed by atoms with Crippen LogP contribution in [0.4, 0.5) is 5.69 Å². The Morgan fingerprint density at radius 3 is 2.55 bits per heavy atom. The van der Waals surface area contributed by atoms with E-state index in [9.17, 15) is 23.3 Å². The summed E-state index contributed by atoms with van der Waals surface area (Å²) in [7, 11) is -4.20. The lowest BCUT2D eigenvalue weighted by atomic mass is 10.1. The van der Waals surface area contributed by atoms with Crippen LogP contribution in [-0.2, 0) is 14.8 Å². The van der Waals surface area contributed by atoms with E-state index in [1.54, 1.807) is 12.2 Å². The van der Waals surface area contributed by atoms with Crippen LogP contribution >= 0.6 is 0 Å². The number of hydrogen-bond acceptors (Lipinski definition) is 5. The molecule has 2 atom stereocenters. The zero-order valence-corrected chi connectivity index (χ0v) is 11.0. The van der Waals surface area contributed by atoms with Gasteiger partial charge >= 0.3 is 0 Å². The van der Waals surface area contributed by atoms with Crippen molar-refractivity contribution >= 4 is 21.6 Å². The lowest BCUT2D eigenvalue weighted by Gasteiger charge is -2.23. The molecule has 1 aromatic rings. The number of nitro groups is 1. The van der Waals surface area contributed by atoms with Gasteiger partial charge in [0.25, 0.3) is 15.7 Å². The van der Waals surface area contributed by atoms with Crippen LogP contribution in [0.1, 0.15) is 6.42 Å². The molecular formula is C12H10N2O5S. The van der Waals surface area contributed by atoms with Gasteiger partial charge in [-0.05, 0) is 12.5 Å². The molecule has 1 heterocycles. The molecule has 104 valence electrons. The molecule has 1 aliphatic carbocycles. The smallest absolute Gasteiger partial charge is 0.273 e. The lowest BCUT2D eigenvalue weighted by Crippen LogP contribution is -2.40. The highest BCUT2D eigenvalue weighted by Gasteiger charge is 2.48. The zero-order chi connectivity index (χ0) is 14.5.